The Kier molecular flexibility index (Phi) is 6.98. The van der Waals surface area contributed by atoms with Gasteiger partial charge in [-0.3, -0.25) is 14.8 Å². The molecule has 1 aromatic carbocycles. The van der Waals surface area contributed by atoms with Gasteiger partial charge < -0.3 is 9.84 Å². The zero-order chi connectivity index (χ0) is 23.6. The van der Waals surface area contributed by atoms with Gasteiger partial charge in [-0.25, -0.2) is 19.0 Å². The van der Waals surface area contributed by atoms with E-state index in [9.17, 15) is 24.3 Å². The van der Waals surface area contributed by atoms with E-state index >= 15 is 0 Å². The average Bonchev–Trinajstić information content (AvgIpc) is 2.61. The number of phenols is 1. The molecule has 3 N–H and O–H groups in total. The van der Waals surface area contributed by atoms with Crippen molar-refractivity contribution in [2.24, 2.45) is 0 Å². The minimum atomic E-state index is -0.888. The molecule has 9 heteroatoms. The van der Waals surface area contributed by atoms with Crippen LogP contribution in [0.2, 0.25) is 0 Å². The van der Waals surface area contributed by atoms with Gasteiger partial charge in [0.25, 0.3) is 0 Å². The number of H-pyrrole nitrogens is 2. The number of carbonyl (C=O) groups excluding carboxylic acids is 1. The largest absolute Gasteiger partial charge is 0.507 e. The zero-order valence-corrected chi connectivity index (χ0v) is 18.9. The fourth-order valence-corrected chi connectivity index (χ4v) is 3.21. The lowest BCUT2D eigenvalue weighted by Gasteiger charge is -2.28. The third kappa shape index (κ3) is 6.19. The first-order valence-corrected chi connectivity index (χ1v) is 10.2. The fraction of sp³-hybridized carbons (Fsp3) is 0.545. The predicted molar refractivity (Wildman–Crippen MR) is 117 cm³/mol. The molecule has 0 saturated carbocycles. The molecule has 2 aromatic rings. The van der Waals surface area contributed by atoms with Gasteiger partial charge >= 0.3 is 23.0 Å². The maximum Gasteiger partial charge on any atom is 0.333 e. The van der Waals surface area contributed by atoms with Crippen molar-refractivity contribution < 1.29 is 14.6 Å². The summed E-state index contributed by atoms with van der Waals surface area (Å²) in [5.74, 6) is -0.195. The fourth-order valence-electron chi connectivity index (χ4n) is 3.21. The standard InChI is InChI=1S/C22H31N3O6/c1-21(2,3)14-11-13(12-15(17(14)27)22(4,5)6)7-8-16(26)31-10-9-25-19(29)23-18(28)24-20(25)30/h11-12,27H,7-10H2,1-6H3,(H2,23,24,28,29,30). The summed E-state index contributed by atoms with van der Waals surface area (Å²) in [4.78, 5) is 50.3. The maximum absolute atomic E-state index is 12.2. The first-order chi connectivity index (χ1) is 14.2. The van der Waals surface area contributed by atoms with Crippen molar-refractivity contribution >= 4 is 5.97 Å². The SMILES string of the molecule is CC(C)(C)c1cc(CCC(=O)OCCn2c(=O)[nH]c(=O)[nH]c2=O)cc(C(C)(C)C)c1O. The van der Waals surface area contributed by atoms with Crippen LogP contribution >= 0.6 is 0 Å². The van der Waals surface area contributed by atoms with E-state index in [4.69, 9.17) is 4.74 Å². The summed E-state index contributed by atoms with van der Waals surface area (Å²) in [7, 11) is 0. The van der Waals surface area contributed by atoms with Crippen LogP contribution in [-0.2, 0) is 33.3 Å². The Labute approximate surface area is 180 Å². The number of ether oxygens (including phenoxy) is 1. The lowest BCUT2D eigenvalue weighted by atomic mass is 9.78. The lowest BCUT2D eigenvalue weighted by Crippen LogP contribution is -2.44. The Balaban J connectivity index is 2.07. The molecule has 0 unspecified atom stereocenters. The van der Waals surface area contributed by atoms with Gasteiger partial charge in [-0.2, -0.15) is 0 Å². The minimum Gasteiger partial charge on any atom is -0.507 e. The number of esters is 1. The van der Waals surface area contributed by atoms with E-state index < -0.39 is 23.0 Å². The number of aromatic nitrogens is 3. The molecule has 0 spiro atoms. The van der Waals surface area contributed by atoms with Gasteiger partial charge in [-0.15, -0.1) is 0 Å². The Morgan fingerprint density at radius 1 is 0.968 bits per heavy atom. The van der Waals surface area contributed by atoms with Crippen molar-refractivity contribution in [1.82, 2.24) is 14.5 Å². The number of aryl methyl sites for hydroxylation is 1. The van der Waals surface area contributed by atoms with E-state index in [1.165, 1.54) is 0 Å². The average molecular weight is 434 g/mol. The quantitative estimate of drug-likeness (QED) is 0.594. The molecule has 0 aliphatic rings. The van der Waals surface area contributed by atoms with E-state index in [0.29, 0.717) is 6.42 Å². The van der Waals surface area contributed by atoms with Gasteiger partial charge in [0.1, 0.15) is 12.4 Å². The summed E-state index contributed by atoms with van der Waals surface area (Å²) in [5.41, 5.74) is -0.592. The number of nitrogens with zero attached hydrogens (tertiary/aromatic N) is 1. The van der Waals surface area contributed by atoms with Crippen LogP contribution in [0.25, 0.3) is 0 Å². The number of hydrogen-bond donors (Lipinski definition) is 3. The second-order valence-corrected chi connectivity index (χ2v) is 9.60. The van der Waals surface area contributed by atoms with Crippen molar-refractivity contribution in [3.63, 3.8) is 0 Å². The summed E-state index contributed by atoms with van der Waals surface area (Å²) in [6, 6.07) is 3.83. The minimum absolute atomic E-state index is 0.106. The topological polar surface area (TPSA) is 134 Å². The molecular formula is C22H31N3O6. The molecule has 0 aliphatic heterocycles. The van der Waals surface area contributed by atoms with Crippen LogP contribution < -0.4 is 17.1 Å². The maximum atomic E-state index is 12.2. The van der Waals surface area contributed by atoms with Crippen LogP contribution in [0.1, 0.15) is 64.7 Å². The molecule has 170 valence electrons. The molecular weight excluding hydrogens is 402 g/mol. The molecule has 0 radical (unpaired) electrons. The molecule has 0 aliphatic carbocycles. The van der Waals surface area contributed by atoms with Crippen molar-refractivity contribution in [2.75, 3.05) is 6.61 Å². The van der Waals surface area contributed by atoms with Gasteiger partial charge in [0.15, 0.2) is 0 Å². The van der Waals surface area contributed by atoms with E-state index in [2.05, 4.69) is 0 Å². The number of phenolic OH excluding ortho intramolecular Hbond substituents is 1. The summed E-state index contributed by atoms with van der Waals surface area (Å²) in [6.45, 7) is 11.8. The number of nitrogens with one attached hydrogen (secondary N) is 2. The highest BCUT2D eigenvalue weighted by Gasteiger charge is 2.26. The van der Waals surface area contributed by atoms with Gasteiger partial charge in [0, 0.05) is 6.42 Å². The number of benzene rings is 1. The molecule has 0 amide bonds. The van der Waals surface area contributed by atoms with Crippen LogP contribution in [0.3, 0.4) is 0 Å². The van der Waals surface area contributed by atoms with Crippen molar-refractivity contribution in [3.8, 4) is 5.75 Å². The number of aromatic amines is 2. The monoisotopic (exact) mass is 433 g/mol. The summed E-state index contributed by atoms with van der Waals surface area (Å²) >= 11 is 0. The van der Waals surface area contributed by atoms with Crippen LogP contribution in [0, 0.1) is 0 Å². The van der Waals surface area contributed by atoms with Crippen molar-refractivity contribution in [1.29, 1.82) is 0 Å². The first-order valence-electron chi connectivity index (χ1n) is 10.2. The normalized spacial score (nSPS) is 12.1. The van der Waals surface area contributed by atoms with Gasteiger partial charge in [0.05, 0.1) is 6.54 Å². The highest BCUT2D eigenvalue weighted by molar-refractivity contribution is 5.69. The van der Waals surface area contributed by atoms with E-state index in [0.717, 1.165) is 21.3 Å². The second-order valence-electron chi connectivity index (χ2n) is 9.60. The smallest absolute Gasteiger partial charge is 0.333 e. The summed E-state index contributed by atoms with van der Waals surface area (Å²) in [5, 5.41) is 10.8. The summed E-state index contributed by atoms with van der Waals surface area (Å²) in [6.07, 6.45) is 0.527. The first kappa shape index (κ1) is 24.2. The van der Waals surface area contributed by atoms with Gasteiger partial charge in [-0.05, 0) is 33.9 Å². The highest BCUT2D eigenvalue weighted by atomic mass is 16.5. The zero-order valence-electron chi connectivity index (χ0n) is 18.9. The van der Waals surface area contributed by atoms with E-state index in [1.54, 1.807) is 0 Å². The molecule has 0 bridgehead atoms. The molecule has 1 heterocycles. The third-order valence-corrected chi connectivity index (χ3v) is 4.91. The number of rotatable bonds is 6. The number of aromatic hydroxyl groups is 1. The van der Waals surface area contributed by atoms with Crippen molar-refractivity contribution in [2.45, 2.75) is 71.8 Å². The second kappa shape index (κ2) is 8.95. The Bertz CT molecular complexity index is 1060. The van der Waals surface area contributed by atoms with Crippen LogP contribution in [0.5, 0.6) is 5.75 Å². The Morgan fingerprint density at radius 2 is 1.45 bits per heavy atom. The molecule has 31 heavy (non-hydrogen) atoms. The van der Waals surface area contributed by atoms with Crippen LogP contribution in [0.15, 0.2) is 26.5 Å². The summed E-state index contributed by atoms with van der Waals surface area (Å²) < 4.78 is 5.88. The third-order valence-electron chi connectivity index (χ3n) is 4.91. The number of carbonyl (C=O) groups is 1. The molecule has 0 saturated heterocycles. The van der Waals surface area contributed by atoms with Gasteiger partial charge in [-0.1, -0.05) is 53.7 Å². The van der Waals surface area contributed by atoms with E-state index in [1.807, 2.05) is 63.6 Å². The highest BCUT2D eigenvalue weighted by Crippen LogP contribution is 2.39. The van der Waals surface area contributed by atoms with Crippen molar-refractivity contribution in [3.05, 3.63) is 60.3 Å². The molecule has 2 rings (SSSR count). The lowest BCUT2D eigenvalue weighted by molar-refractivity contribution is -0.143. The Hall–Kier alpha value is -3.10. The molecule has 0 atom stereocenters. The van der Waals surface area contributed by atoms with Gasteiger partial charge in [0.2, 0.25) is 0 Å². The Morgan fingerprint density at radius 3 is 1.90 bits per heavy atom. The van der Waals surface area contributed by atoms with Crippen LogP contribution in [-0.4, -0.2) is 32.2 Å². The number of hydrogen-bond acceptors (Lipinski definition) is 6. The molecule has 1 aromatic heterocycles. The van der Waals surface area contributed by atoms with Crippen LogP contribution in [0.4, 0.5) is 0 Å². The molecule has 9 nitrogen and oxygen atoms in total. The predicted octanol–water partition coefficient (Wildman–Crippen LogP) is 1.70. The van der Waals surface area contributed by atoms with E-state index in [-0.39, 0.29) is 36.2 Å². The molecule has 0 fully saturated rings.